The molecule has 0 bridgehead atoms. The molecule has 2 aromatic heterocycles. The molecule has 0 radical (unpaired) electrons. The summed E-state index contributed by atoms with van der Waals surface area (Å²) in [6.45, 7) is 4.57. The maximum Gasteiger partial charge on any atom is 0.255 e. The number of hydrogen-bond donors (Lipinski definition) is 1. The minimum atomic E-state index is 0.287. The molecule has 27 heavy (non-hydrogen) atoms. The number of nitrogens with two attached hydrogens (primary N) is 1. The lowest BCUT2D eigenvalue weighted by Gasteiger charge is -2.09. The Balaban J connectivity index is 1.72. The van der Waals surface area contributed by atoms with Crippen molar-refractivity contribution in [1.82, 2.24) is 25.0 Å². The first-order valence-electron chi connectivity index (χ1n) is 8.61. The highest BCUT2D eigenvalue weighted by Crippen LogP contribution is 2.19. The number of aromatic nitrogens is 5. The largest absolute Gasteiger partial charge is 0.487 e. The molecule has 0 aliphatic carbocycles. The van der Waals surface area contributed by atoms with E-state index in [4.69, 9.17) is 10.5 Å². The average molecular weight is 368 g/mol. The van der Waals surface area contributed by atoms with Crippen molar-refractivity contribution in [3.8, 4) is 5.75 Å². The van der Waals surface area contributed by atoms with Gasteiger partial charge in [0.25, 0.3) is 5.69 Å². The molecule has 3 rings (SSSR count). The summed E-state index contributed by atoms with van der Waals surface area (Å²) in [5.41, 5.74) is 9.06. The van der Waals surface area contributed by atoms with Crippen LogP contribution in [0.4, 0.5) is 11.5 Å². The van der Waals surface area contributed by atoms with Gasteiger partial charge in [-0.2, -0.15) is 0 Å². The zero-order valence-electron chi connectivity index (χ0n) is 15.6. The van der Waals surface area contributed by atoms with Crippen LogP contribution < -0.4 is 10.5 Å². The zero-order chi connectivity index (χ0) is 19.4. The van der Waals surface area contributed by atoms with Gasteiger partial charge in [-0.1, -0.05) is 12.1 Å². The highest BCUT2D eigenvalue weighted by Gasteiger charge is 2.14. The molecule has 0 atom stereocenters. The molecule has 0 saturated carbocycles. The fourth-order valence-electron chi connectivity index (χ4n) is 2.69. The maximum absolute atomic E-state index is 11.3. The highest BCUT2D eigenvalue weighted by atomic mass is 16.5. The number of ether oxygens (including phenoxy) is 1. The Kier molecular flexibility index (Phi) is 5.39. The van der Waals surface area contributed by atoms with Crippen LogP contribution in [0, 0.1) is 11.8 Å². The minimum Gasteiger partial charge on any atom is -0.487 e. The van der Waals surface area contributed by atoms with Crippen molar-refractivity contribution in [2.24, 2.45) is 0 Å². The molecule has 0 unspecified atom stereocenters. The van der Waals surface area contributed by atoms with Crippen LogP contribution >= 0.6 is 0 Å². The number of anilines is 1. The monoisotopic (exact) mass is 368 g/mol. The first kappa shape index (κ1) is 18.4. The van der Waals surface area contributed by atoms with E-state index in [1.165, 1.54) is 7.05 Å². The van der Waals surface area contributed by atoms with E-state index in [9.17, 15) is 4.91 Å². The number of nitrogens with zero attached hydrogens (tertiary/aromatic N) is 6. The lowest BCUT2D eigenvalue weighted by atomic mass is 10.2. The first-order valence-corrected chi connectivity index (χ1v) is 8.61. The van der Waals surface area contributed by atoms with Gasteiger partial charge in [0.2, 0.25) is 0 Å². The van der Waals surface area contributed by atoms with Crippen LogP contribution in [0.25, 0.3) is 0 Å². The van der Waals surface area contributed by atoms with Gasteiger partial charge in [-0.3, -0.25) is 0 Å². The van der Waals surface area contributed by atoms with E-state index in [0.29, 0.717) is 29.6 Å². The molecule has 0 amide bonds. The first-order chi connectivity index (χ1) is 13.0. The van der Waals surface area contributed by atoms with Gasteiger partial charge in [-0.15, -0.1) is 5.10 Å². The van der Waals surface area contributed by atoms with Crippen LogP contribution in [-0.2, 0) is 19.6 Å². The summed E-state index contributed by atoms with van der Waals surface area (Å²) in [7, 11) is 1.45. The Hall–Kier alpha value is -3.36. The van der Waals surface area contributed by atoms with Crippen molar-refractivity contribution < 1.29 is 9.50 Å². The molecule has 1 aromatic carbocycles. The molecule has 0 saturated heterocycles. The zero-order valence-corrected chi connectivity index (χ0v) is 15.6. The van der Waals surface area contributed by atoms with Crippen molar-refractivity contribution in [1.29, 1.82) is 0 Å². The van der Waals surface area contributed by atoms with Gasteiger partial charge < -0.3 is 10.5 Å². The Morgan fingerprint density at radius 3 is 2.63 bits per heavy atom. The van der Waals surface area contributed by atoms with Gasteiger partial charge in [0.15, 0.2) is 7.05 Å². The Labute approximate surface area is 156 Å². The Bertz CT molecular complexity index is 951. The summed E-state index contributed by atoms with van der Waals surface area (Å²) in [5, 5.41) is 8.46. The fourth-order valence-corrected chi connectivity index (χ4v) is 2.69. The minimum absolute atomic E-state index is 0.287. The number of nitrogen functional groups attached to an aromatic ring is 1. The molecule has 9 nitrogen and oxygen atoms in total. The Morgan fingerprint density at radius 2 is 2.00 bits per heavy atom. The van der Waals surface area contributed by atoms with Crippen molar-refractivity contribution >= 4 is 11.5 Å². The van der Waals surface area contributed by atoms with Gasteiger partial charge in [-0.25, -0.2) is 14.6 Å². The maximum atomic E-state index is 11.3. The lowest BCUT2D eigenvalue weighted by molar-refractivity contribution is -0.428. The molecule has 0 aliphatic rings. The number of hydrogen-bond acceptors (Lipinski definition) is 7. The van der Waals surface area contributed by atoms with Crippen LogP contribution in [0.3, 0.4) is 0 Å². The standard InChI is InChI=1S/C18H22N7O2/c1-4-17-16(11-27-15-7-5-14(6-8-15)24(3)26)22-23-25(17)10-13-9-20-12(2)21-18(13)19/h5-9H,4,10-11H2,1-3H3,(H2,19,20,21)/q+1. The second-order valence-corrected chi connectivity index (χ2v) is 6.10. The normalized spacial score (nSPS) is 10.8. The lowest BCUT2D eigenvalue weighted by Crippen LogP contribution is -2.11. The van der Waals surface area contributed by atoms with E-state index >= 15 is 0 Å². The van der Waals surface area contributed by atoms with Crippen molar-refractivity contribution in [2.45, 2.75) is 33.4 Å². The molecule has 3 aromatic rings. The van der Waals surface area contributed by atoms with E-state index in [0.717, 1.165) is 28.1 Å². The van der Waals surface area contributed by atoms with Crippen LogP contribution in [-0.4, -0.2) is 36.8 Å². The smallest absolute Gasteiger partial charge is 0.255 e. The van der Waals surface area contributed by atoms with Gasteiger partial charge >= 0.3 is 0 Å². The van der Waals surface area contributed by atoms with Crippen LogP contribution in [0.1, 0.15) is 29.7 Å². The summed E-state index contributed by atoms with van der Waals surface area (Å²) < 4.78 is 8.37. The number of aryl methyl sites for hydroxylation is 1. The quantitative estimate of drug-likeness (QED) is 0.636. The third-order valence-corrected chi connectivity index (χ3v) is 4.17. The highest BCUT2D eigenvalue weighted by molar-refractivity contribution is 5.38. The molecule has 0 fully saturated rings. The number of rotatable bonds is 7. The second-order valence-electron chi connectivity index (χ2n) is 6.10. The summed E-state index contributed by atoms with van der Waals surface area (Å²) in [6.07, 6.45) is 2.46. The molecule has 0 aliphatic heterocycles. The van der Waals surface area contributed by atoms with E-state index in [1.54, 1.807) is 42.1 Å². The fraction of sp³-hybridized carbons (Fsp3) is 0.333. The third-order valence-electron chi connectivity index (χ3n) is 4.17. The third kappa shape index (κ3) is 4.25. The Morgan fingerprint density at radius 1 is 1.26 bits per heavy atom. The van der Waals surface area contributed by atoms with Crippen molar-refractivity contribution in [3.63, 3.8) is 0 Å². The van der Waals surface area contributed by atoms with Crippen LogP contribution in [0.2, 0.25) is 0 Å². The molecule has 0 spiro atoms. The predicted octanol–water partition coefficient (Wildman–Crippen LogP) is 2.19. The van der Waals surface area contributed by atoms with E-state index in [1.807, 2.05) is 6.92 Å². The van der Waals surface area contributed by atoms with E-state index in [-0.39, 0.29) is 6.61 Å². The van der Waals surface area contributed by atoms with Gasteiger partial charge in [0.1, 0.15) is 29.7 Å². The summed E-state index contributed by atoms with van der Waals surface area (Å²) >= 11 is 0. The number of nitroso groups, excluding NO2 is 1. The van der Waals surface area contributed by atoms with E-state index < -0.39 is 0 Å². The molecule has 2 heterocycles. The SMILES string of the molecule is CCc1c(COc2ccc([N+](C)=O)cc2)nnn1Cc1cnc(C)nc1N. The molecule has 2 N–H and O–H groups in total. The van der Waals surface area contributed by atoms with E-state index in [2.05, 4.69) is 20.3 Å². The predicted molar refractivity (Wildman–Crippen MR) is 99.7 cm³/mol. The summed E-state index contributed by atoms with van der Waals surface area (Å²) in [6, 6.07) is 6.92. The van der Waals surface area contributed by atoms with Crippen molar-refractivity contribution in [2.75, 3.05) is 12.8 Å². The number of benzene rings is 1. The molecular formula is C18H22N7O2+. The topological polar surface area (TPSA) is 112 Å². The van der Waals surface area contributed by atoms with Crippen molar-refractivity contribution in [3.05, 3.63) is 58.1 Å². The molecular weight excluding hydrogens is 346 g/mol. The summed E-state index contributed by atoms with van der Waals surface area (Å²) in [5.74, 6) is 1.74. The molecule has 140 valence electrons. The van der Waals surface area contributed by atoms with Gasteiger partial charge in [0, 0.05) is 33.6 Å². The summed E-state index contributed by atoms with van der Waals surface area (Å²) in [4.78, 5) is 19.6. The molecule has 9 heteroatoms. The van der Waals surface area contributed by atoms with Crippen LogP contribution in [0.5, 0.6) is 5.75 Å². The van der Waals surface area contributed by atoms with Gasteiger partial charge in [0.05, 0.1) is 12.2 Å². The van der Waals surface area contributed by atoms with Crippen LogP contribution in [0.15, 0.2) is 30.5 Å². The average Bonchev–Trinajstić information content (AvgIpc) is 3.04. The van der Waals surface area contributed by atoms with Gasteiger partial charge in [-0.05, 0) is 25.5 Å². The second kappa shape index (κ2) is 7.90.